The van der Waals surface area contributed by atoms with Crippen LogP contribution in [0.15, 0.2) is 0 Å². The molecule has 11 heavy (non-hydrogen) atoms. The first-order valence-corrected chi connectivity index (χ1v) is 3.42. The SMILES string of the molecule is CCC(C)(O)C(O)C[N+](=O)[O-]. The van der Waals surface area contributed by atoms with Gasteiger partial charge in [0.15, 0.2) is 0 Å². The molecule has 2 N–H and O–H groups in total. The summed E-state index contributed by atoms with van der Waals surface area (Å²) in [6.45, 7) is 2.42. The van der Waals surface area contributed by atoms with Crippen molar-refractivity contribution in [3.05, 3.63) is 10.1 Å². The maximum atomic E-state index is 9.91. The van der Waals surface area contributed by atoms with E-state index in [0.717, 1.165) is 0 Å². The van der Waals surface area contributed by atoms with E-state index in [4.69, 9.17) is 5.11 Å². The van der Waals surface area contributed by atoms with Crippen molar-refractivity contribution in [1.29, 1.82) is 0 Å². The summed E-state index contributed by atoms with van der Waals surface area (Å²) in [6.07, 6.45) is -0.996. The monoisotopic (exact) mass is 163 g/mol. The lowest BCUT2D eigenvalue weighted by Crippen LogP contribution is -2.42. The van der Waals surface area contributed by atoms with Crippen molar-refractivity contribution >= 4 is 0 Å². The second-order valence-electron chi connectivity index (χ2n) is 2.74. The quantitative estimate of drug-likeness (QED) is 0.443. The first-order chi connectivity index (χ1) is 4.90. The third-order valence-corrected chi connectivity index (χ3v) is 1.76. The number of aliphatic hydroxyl groups is 2. The van der Waals surface area contributed by atoms with Crippen LogP contribution >= 0.6 is 0 Å². The van der Waals surface area contributed by atoms with Crippen LogP contribution < -0.4 is 0 Å². The summed E-state index contributed by atoms with van der Waals surface area (Å²) in [5.41, 5.74) is -1.35. The molecule has 0 aromatic rings. The molecule has 5 heteroatoms. The summed E-state index contributed by atoms with van der Waals surface area (Å²) in [7, 11) is 0. The number of rotatable bonds is 4. The lowest BCUT2D eigenvalue weighted by molar-refractivity contribution is -0.495. The number of aliphatic hydroxyl groups excluding tert-OH is 1. The van der Waals surface area contributed by atoms with Crippen molar-refractivity contribution in [2.24, 2.45) is 0 Å². The van der Waals surface area contributed by atoms with Crippen LogP contribution in [-0.4, -0.2) is 33.4 Å². The van der Waals surface area contributed by atoms with Crippen LogP contribution in [0.1, 0.15) is 20.3 Å². The second-order valence-corrected chi connectivity index (χ2v) is 2.74. The van der Waals surface area contributed by atoms with Gasteiger partial charge in [0.1, 0.15) is 6.10 Å². The highest BCUT2D eigenvalue weighted by molar-refractivity contribution is 4.79. The highest BCUT2D eigenvalue weighted by Crippen LogP contribution is 2.13. The van der Waals surface area contributed by atoms with Crippen LogP contribution in [-0.2, 0) is 0 Å². The van der Waals surface area contributed by atoms with E-state index >= 15 is 0 Å². The first kappa shape index (κ1) is 10.3. The molecule has 0 aliphatic carbocycles. The maximum absolute atomic E-state index is 9.91. The van der Waals surface area contributed by atoms with E-state index in [1.165, 1.54) is 6.92 Å². The average Bonchev–Trinajstić information content (AvgIpc) is 1.86. The van der Waals surface area contributed by atoms with Crippen molar-refractivity contribution in [1.82, 2.24) is 0 Å². The Morgan fingerprint density at radius 1 is 1.73 bits per heavy atom. The standard InChI is InChI=1S/C6H13NO4/c1-3-6(2,9)5(8)4-7(10)11/h5,8-9H,3-4H2,1-2H3. The van der Waals surface area contributed by atoms with E-state index in [2.05, 4.69) is 0 Å². The fraction of sp³-hybridized carbons (Fsp3) is 1.00. The van der Waals surface area contributed by atoms with Gasteiger partial charge < -0.3 is 10.2 Å². The molecule has 0 radical (unpaired) electrons. The van der Waals surface area contributed by atoms with Crippen LogP contribution in [0.5, 0.6) is 0 Å². The topological polar surface area (TPSA) is 83.6 Å². The Morgan fingerprint density at radius 2 is 2.18 bits per heavy atom. The number of nitro groups is 1. The molecule has 0 spiro atoms. The highest BCUT2D eigenvalue weighted by atomic mass is 16.6. The second kappa shape index (κ2) is 3.64. The van der Waals surface area contributed by atoms with Crippen molar-refractivity contribution in [3.8, 4) is 0 Å². The zero-order valence-corrected chi connectivity index (χ0v) is 6.65. The van der Waals surface area contributed by atoms with Crippen molar-refractivity contribution in [2.75, 3.05) is 6.54 Å². The smallest absolute Gasteiger partial charge is 0.232 e. The molecule has 0 fully saturated rings. The molecule has 0 heterocycles. The molecule has 0 aliphatic rings. The molecule has 0 saturated carbocycles. The van der Waals surface area contributed by atoms with Gasteiger partial charge in [-0.2, -0.15) is 0 Å². The van der Waals surface area contributed by atoms with Gasteiger partial charge in [-0.3, -0.25) is 10.1 Å². The van der Waals surface area contributed by atoms with Gasteiger partial charge in [-0.25, -0.2) is 0 Å². The van der Waals surface area contributed by atoms with Crippen LogP contribution in [0.2, 0.25) is 0 Å². The molecule has 2 atom stereocenters. The predicted molar refractivity (Wildman–Crippen MR) is 38.8 cm³/mol. The third kappa shape index (κ3) is 3.29. The molecule has 66 valence electrons. The molecular formula is C6H13NO4. The van der Waals surface area contributed by atoms with Crippen molar-refractivity contribution in [3.63, 3.8) is 0 Å². The highest BCUT2D eigenvalue weighted by Gasteiger charge is 2.31. The largest absolute Gasteiger partial charge is 0.387 e. The maximum Gasteiger partial charge on any atom is 0.232 e. The zero-order chi connectivity index (χ0) is 9.07. The summed E-state index contributed by atoms with van der Waals surface area (Å²) >= 11 is 0. The van der Waals surface area contributed by atoms with E-state index in [9.17, 15) is 15.2 Å². The van der Waals surface area contributed by atoms with Gasteiger partial charge in [-0.1, -0.05) is 6.92 Å². The summed E-state index contributed by atoms with van der Waals surface area (Å²) < 4.78 is 0. The molecule has 0 aromatic heterocycles. The summed E-state index contributed by atoms with van der Waals surface area (Å²) in [4.78, 5) is 9.26. The molecule has 0 amide bonds. The van der Waals surface area contributed by atoms with Crippen molar-refractivity contribution < 1.29 is 15.1 Å². The third-order valence-electron chi connectivity index (χ3n) is 1.76. The Kier molecular flexibility index (Phi) is 3.41. The Bertz CT molecular complexity index is 146. The van der Waals surface area contributed by atoms with Gasteiger partial charge in [0.2, 0.25) is 6.54 Å². The van der Waals surface area contributed by atoms with Crippen LogP contribution in [0, 0.1) is 10.1 Å². The fourth-order valence-electron chi connectivity index (χ4n) is 0.573. The molecule has 5 nitrogen and oxygen atoms in total. The number of nitrogens with zero attached hydrogens (tertiary/aromatic N) is 1. The Hall–Kier alpha value is -0.680. The molecule has 0 saturated heterocycles. The van der Waals surface area contributed by atoms with E-state index in [1.807, 2.05) is 0 Å². The zero-order valence-electron chi connectivity index (χ0n) is 6.65. The lowest BCUT2D eigenvalue weighted by atomic mass is 9.96. The Labute approximate surface area is 64.8 Å². The molecular weight excluding hydrogens is 150 g/mol. The first-order valence-electron chi connectivity index (χ1n) is 3.42. The molecule has 0 aliphatic heterocycles. The van der Waals surface area contributed by atoms with Gasteiger partial charge in [0.05, 0.1) is 5.60 Å². The van der Waals surface area contributed by atoms with Gasteiger partial charge >= 0.3 is 0 Å². The number of hydrogen-bond acceptors (Lipinski definition) is 4. The van der Waals surface area contributed by atoms with Crippen LogP contribution in [0.25, 0.3) is 0 Å². The van der Waals surface area contributed by atoms with E-state index in [1.54, 1.807) is 6.92 Å². The van der Waals surface area contributed by atoms with Crippen LogP contribution in [0.3, 0.4) is 0 Å². The minimum Gasteiger partial charge on any atom is -0.387 e. The van der Waals surface area contributed by atoms with Crippen molar-refractivity contribution in [2.45, 2.75) is 32.0 Å². The number of hydrogen-bond donors (Lipinski definition) is 2. The predicted octanol–water partition coefficient (Wildman–Crippen LogP) is -0.215. The molecule has 2 unspecified atom stereocenters. The van der Waals surface area contributed by atoms with Gasteiger partial charge in [0, 0.05) is 4.92 Å². The Balaban J connectivity index is 4.01. The molecule has 0 rings (SSSR count). The van der Waals surface area contributed by atoms with E-state index in [0.29, 0.717) is 6.42 Å². The van der Waals surface area contributed by atoms with Gasteiger partial charge in [0.25, 0.3) is 0 Å². The minimum atomic E-state index is -1.35. The molecule has 0 aromatic carbocycles. The van der Waals surface area contributed by atoms with Gasteiger partial charge in [-0.15, -0.1) is 0 Å². The lowest BCUT2D eigenvalue weighted by Gasteiger charge is -2.24. The van der Waals surface area contributed by atoms with Crippen LogP contribution in [0.4, 0.5) is 0 Å². The Morgan fingerprint density at radius 3 is 2.45 bits per heavy atom. The summed E-state index contributed by atoms with van der Waals surface area (Å²) in [6, 6.07) is 0. The molecule has 0 bridgehead atoms. The fourth-order valence-corrected chi connectivity index (χ4v) is 0.573. The van der Waals surface area contributed by atoms with E-state index in [-0.39, 0.29) is 0 Å². The normalized spacial score (nSPS) is 18.9. The minimum absolute atomic E-state index is 0.294. The average molecular weight is 163 g/mol. The summed E-state index contributed by atoms with van der Waals surface area (Å²) in [5, 5.41) is 28.2. The summed E-state index contributed by atoms with van der Waals surface area (Å²) in [5.74, 6) is 0. The van der Waals surface area contributed by atoms with Gasteiger partial charge in [-0.05, 0) is 13.3 Å². The van der Waals surface area contributed by atoms with E-state index < -0.39 is 23.2 Å².